The van der Waals surface area contributed by atoms with Crippen LogP contribution in [-0.2, 0) is 0 Å². The van der Waals surface area contributed by atoms with Crippen molar-refractivity contribution in [3.05, 3.63) is 0 Å². The molecule has 2 aliphatic rings. The number of likely N-dealkylation sites (N-methyl/N-ethyl adjacent to an activating group) is 1. The minimum atomic E-state index is 0.591. The molecule has 2 aliphatic heterocycles. The molecule has 0 bridgehead atoms. The summed E-state index contributed by atoms with van der Waals surface area (Å²) < 4.78 is 0. The number of rotatable bonds is 2. The van der Waals surface area contributed by atoms with Crippen LogP contribution in [0, 0.1) is 5.92 Å². The highest BCUT2D eigenvalue weighted by Gasteiger charge is 2.33. The fourth-order valence-corrected chi connectivity index (χ4v) is 2.47. The Bertz CT molecular complexity index is 235. The average molecular weight is 195 g/mol. The van der Waals surface area contributed by atoms with Crippen LogP contribution in [-0.4, -0.2) is 54.4 Å². The molecule has 14 heavy (non-hydrogen) atoms. The molecule has 0 spiro atoms. The topological polar surface area (TPSA) is 18.8 Å². The summed E-state index contributed by atoms with van der Waals surface area (Å²) >= 11 is 0. The van der Waals surface area contributed by atoms with Gasteiger partial charge in [-0.15, -0.1) is 0 Å². The largest absolute Gasteiger partial charge is 0.353 e. The number of aliphatic imine (C=N–C) groups is 1. The fourth-order valence-electron chi connectivity index (χ4n) is 2.47. The van der Waals surface area contributed by atoms with E-state index in [9.17, 15) is 0 Å². The molecule has 3 heteroatoms. The van der Waals surface area contributed by atoms with Gasteiger partial charge in [0.2, 0.25) is 0 Å². The van der Waals surface area contributed by atoms with Crippen LogP contribution in [0.3, 0.4) is 0 Å². The number of amidine groups is 1. The van der Waals surface area contributed by atoms with Gasteiger partial charge in [0.1, 0.15) is 5.84 Å². The van der Waals surface area contributed by atoms with Crippen LogP contribution in [0.4, 0.5) is 0 Å². The van der Waals surface area contributed by atoms with Gasteiger partial charge in [-0.2, -0.15) is 0 Å². The van der Waals surface area contributed by atoms with E-state index in [0.29, 0.717) is 12.0 Å². The van der Waals surface area contributed by atoms with Crippen LogP contribution in [0.1, 0.15) is 20.8 Å². The molecule has 0 amide bonds. The SMILES string of the molecule is CCN1CCN2C(C(C)C)=NCC2C1. The lowest BCUT2D eigenvalue weighted by atomic mass is 10.1. The van der Waals surface area contributed by atoms with Gasteiger partial charge in [-0.05, 0) is 6.54 Å². The molecule has 3 nitrogen and oxygen atoms in total. The lowest BCUT2D eigenvalue weighted by molar-refractivity contribution is 0.144. The monoisotopic (exact) mass is 195 g/mol. The summed E-state index contributed by atoms with van der Waals surface area (Å²) in [6.07, 6.45) is 0. The first-order valence-electron chi connectivity index (χ1n) is 5.75. The zero-order valence-electron chi connectivity index (χ0n) is 9.53. The van der Waals surface area contributed by atoms with E-state index in [-0.39, 0.29) is 0 Å². The van der Waals surface area contributed by atoms with E-state index in [0.717, 1.165) is 6.54 Å². The molecule has 2 heterocycles. The van der Waals surface area contributed by atoms with Gasteiger partial charge in [0.15, 0.2) is 0 Å². The fraction of sp³-hybridized carbons (Fsp3) is 0.909. The zero-order chi connectivity index (χ0) is 10.1. The van der Waals surface area contributed by atoms with Gasteiger partial charge < -0.3 is 4.90 Å². The van der Waals surface area contributed by atoms with Crippen molar-refractivity contribution in [2.45, 2.75) is 26.8 Å². The molecule has 1 atom stereocenters. The predicted octanol–water partition coefficient (Wildman–Crippen LogP) is 1.06. The van der Waals surface area contributed by atoms with Gasteiger partial charge in [-0.3, -0.25) is 9.89 Å². The smallest absolute Gasteiger partial charge is 0.102 e. The quantitative estimate of drug-likeness (QED) is 0.656. The third-order valence-corrected chi connectivity index (χ3v) is 3.29. The predicted molar refractivity (Wildman–Crippen MR) is 59.7 cm³/mol. The van der Waals surface area contributed by atoms with E-state index in [2.05, 4.69) is 35.6 Å². The summed E-state index contributed by atoms with van der Waals surface area (Å²) in [5.74, 6) is 1.93. The first-order valence-corrected chi connectivity index (χ1v) is 5.75. The maximum absolute atomic E-state index is 4.66. The Balaban J connectivity index is 2.00. The van der Waals surface area contributed by atoms with Crippen LogP contribution in [0.25, 0.3) is 0 Å². The standard InChI is InChI=1S/C11H21N3/c1-4-13-5-6-14-10(8-13)7-12-11(14)9(2)3/h9-10H,4-8H2,1-3H3. The molecule has 0 aromatic rings. The van der Waals surface area contributed by atoms with Crippen LogP contribution in [0.15, 0.2) is 4.99 Å². The van der Waals surface area contributed by atoms with Crippen LogP contribution in [0.5, 0.6) is 0 Å². The minimum absolute atomic E-state index is 0.591. The summed E-state index contributed by atoms with van der Waals surface area (Å²) in [6.45, 7) is 12.5. The van der Waals surface area contributed by atoms with Gasteiger partial charge in [0, 0.05) is 25.6 Å². The third kappa shape index (κ3) is 1.65. The Labute approximate surface area is 86.8 Å². The highest BCUT2D eigenvalue weighted by molar-refractivity contribution is 5.86. The number of hydrogen-bond acceptors (Lipinski definition) is 3. The molecule has 2 rings (SSSR count). The van der Waals surface area contributed by atoms with Crippen molar-refractivity contribution in [1.29, 1.82) is 0 Å². The number of piperazine rings is 1. The molecule has 0 saturated carbocycles. The van der Waals surface area contributed by atoms with Crippen molar-refractivity contribution in [3.8, 4) is 0 Å². The van der Waals surface area contributed by atoms with Crippen molar-refractivity contribution < 1.29 is 0 Å². The Morgan fingerprint density at radius 1 is 1.43 bits per heavy atom. The number of nitrogens with zero attached hydrogens (tertiary/aromatic N) is 3. The Kier molecular flexibility index (Phi) is 2.77. The molecule has 0 aliphatic carbocycles. The second-order valence-corrected chi connectivity index (χ2v) is 4.59. The van der Waals surface area contributed by atoms with Crippen molar-refractivity contribution in [2.75, 3.05) is 32.7 Å². The second kappa shape index (κ2) is 3.89. The highest BCUT2D eigenvalue weighted by atomic mass is 15.3. The van der Waals surface area contributed by atoms with Crippen molar-refractivity contribution in [1.82, 2.24) is 9.80 Å². The lowest BCUT2D eigenvalue weighted by Crippen LogP contribution is -2.53. The van der Waals surface area contributed by atoms with Gasteiger partial charge in [0.05, 0.1) is 12.6 Å². The van der Waals surface area contributed by atoms with Crippen LogP contribution >= 0.6 is 0 Å². The average Bonchev–Trinajstić information content (AvgIpc) is 2.59. The minimum Gasteiger partial charge on any atom is -0.353 e. The first-order chi connectivity index (χ1) is 6.72. The number of hydrogen-bond donors (Lipinski definition) is 0. The van der Waals surface area contributed by atoms with Gasteiger partial charge in [0.25, 0.3) is 0 Å². The van der Waals surface area contributed by atoms with Crippen molar-refractivity contribution in [2.24, 2.45) is 10.9 Å². The Morgan fingerprint density at radius 3 is 2.86 bits per heavy atom. The maximum Gasteiger partial charge on any atom is 0.102 e. The summed E-state index contributed by atoms with van der Waals surface area (Å²) in [5.41, 5.74) is 0. The van der Waals surface area contributed by atoms with Crippen molar-refractivity contribution >= 4 is 5.84 Å². The summed E-state index contributed by atoms with van der Waals surface area (Å²) in [7, 11) is 0. The van der Waals surface area contributed by atoms with Crippen LogP contribution in [0.2, 0.25) is 0 Å². The van der Waals surface area contributed by atoms with Crippen LogP contribution < -0.4 is 0 Å². The van der Waals surface area contributed by atoms with E-state index < -0.39 is 0 Å². The molecule has 0 aromatic carbocycles. The molecular formula is C11H21N3. The molecule has 0 N–H and O–H groups in total. The van der Waals surface area contributed by atoms with Gasteiger partial charge in [-0.1, -0.05) is 20.8 Å². The van der Waals surface area contributed by atoms with Gasteiger partial charge in [-0.25, -0.2) is 0 Å². The highest BCUT2D eigenvalue weighted by Crippen LogP contribution is 2.20. The molecular weight excluding hydrogens is 174 g/mol. The zero-order valence-corrected chi connectivity index (χ0v) is 9.53. The van der Waals surface area contributed by atoms with Gasteiger partial charge >= 0.3 is 0 Å². The molecule has 1 saturated heterocycles. The molecule has 0 aromatic heterocycles. The number of fused-ring (bicyclic) bond motifs is 1. The Hall–Kier alpha value is -0.570. The molecule has 1 unspecified atom stereocenters. The lowest BCUT2D eigenvalue weighted by Gasteiger charge is -2.39. The van der Waals surface area contributed by atoms with E-state index in [1.807, 2.05) is 0 Å². The van der Waals surface area contributed by atoms with Crippen molar-refractivity contribution in [3.63, 3.8) is 0 Å². The Morgan fingerprint density at radius 2 is 2.21 bits per heavy atom. The molecule has 1 fully saturated rings. The maximum atomic E-state index is 4.66. The summed E-state index contributed by atoms with van der Waals surface area (Å²) in [5, 5.41) is 0. The second-order valence-electron chi connectivity index (χ2n) is 4.59. The molecule has 80 valence electrons. The third-order valence-electron chi connectivity index (χ3n) is 3.29. The molecule has 0 radical (unpaired) electrons. The van der Waals surface area contributed by atoms with E-state index in [1.165, 1.54) is 32.0 Å². The van der Waals surface area contributed by atoms with E-state index in [1.54, 1.807) is 0 Å². The summed E-state index contributed by atoms with van der Waals surface area (Å²) in [6, 6.07) is 0.668. The summed E-state index contributed by atoms with van der Waals surface area (Å²) in [4.78, 5) is 9.72. The van der Waals surface area contributed by atoms with E-state index >= 15 is 0 Å². The first kappa shape index (κ1) is 9.97. The normalized spacial score (nSPS) is 28.1. The van der Waals surface area contributed by atoms with E-state index in [4.69, 9.17) is 0 Å².